The highest BCUT2D eigenvalue weighted by atomic mass is 16.3. The van der Waals surface area contributed by atoms with Crippen LogP contribution in [0.4, 0.5) is 0 Å². The Morgan fingerprint density at radius 2 is 0.850 bits per heavy atom. The number of nitrogens with zero attached hydrogens (tertiary/aromatic N) is 4. The maximum absolute atomic E-state index is 5.49. The molecule has 6 heteroatoms. The standard InChI is InChI=1S/C34H20N4O2/c1-2-4-28-27(3-1)31-15-21(23-13-25(19-35-17-23)33-37-9-11-39-33)5-7-29(31)30-8-6-22(16-32(28)30)24-14-26(20-36-18-24)34-38-10-12-40-34/h1-20H. The average Bonchev–Trinajstić information content (AvgIpc) is 3.77. The van der Waals surface area contributed by atoms with Crippen LogP contribution in [0.15, 0.2) is 131 Å². The highest BCUT2D eigenvalue weighted by Gasteiger charge is 2.13. The molecule has 0 amide bonds. The van der Waals surface area contributed by atoms with Crippen molar-refractivity contribution in [2.24, 2.45) is 0 Å². The predicted molar refractivity (Wildman–Crippen MR) is 156 cm³/mol. The first-order valence-corrected chi connectivity index (χ1v) is 12.9. The third-order valence-electron chi connectivity index (χ3n) is 7.34. The van der Waals surface area contributed by atoms with Crippen molar-refractivity contribution >= 4 is 32.3 Å². The van der Waals surface area contributed by atoms with Gasteiger partial charge in [-0.15, -0.1) is 0 Å². The van der Waals surface area contributed by atoms with Crippen molar-refractivity contribution in [1.82, 2.24) is 19.9 Å². The fourth-order valence-electron chi connectivity index (χ4n) is 5.48. The Morgan fingerprint density at radius 1 is 0.400 bits per heavy atom. The van der Waals surface area contributed by atoms with Crippen LogP contribution in [-0.2, 0) is 0 Å². The van der Waals surface area contributed by atoms with E-state index in [1.165, 1.54) is 32.3 Å². The van der Waals surface area contributed by atoms with Gasteiger partial charge in [-0.1, -0.05) is 48.5 Å². The van der Waals surface area contributed by atoms with Crippen LogP contribution in [-0.4, -0.2) is 19.9 Å². The molecule has 188 valence electrons. The summed E-state index contributed by atoms with van der Waals surface area (Å²) >= 11 is 0. The van der Waals surface area contributed by atoms with E-state index in [0.29, 0.717) is 11.8 Å². The zero-order valence-electron chi connectivity index (χ0n) is 21.2. The molecular formula is C34H20N4O2. The molecule has 0 atom stereocenters. The quantitative estimate of drug-likeness (QED) is 0.218. The van der Waals surface area contributed by atoms with Gasteiger partial charge >= 0.3 is 0 Å². The molecule has 8 aromatic rings. The van der Waals surface area contributed by atoms with E-state index in [1.807, 2.05) is 12.4 Å². The molecule has 0 bridgehead atoms. The molecule has 0 spiro atoms. The van der Waals surface area contributed by atoms with Gasteiger partial charge in [0.15, 0.2) is 0 Å². The fourth-order valence-corrected chi connectivity index (χ4v) is 5.48. The van der Waals surface area contributed by atoms with Crippen molar-refractivity contribution in [2.75, 3.05) is 0 Å². The monoisotopic (exact) mass is 516 g/mol. The van der Waals surface area contributed by atoms with E-state index in [4.69, 9.17) is 8.83 Å². The SMILES string of the molecule is c1ccc2c(c1)c1cc(-c3cncc(-c4ncco4)c3)ccc1c1ccc(-c3cncc(-c4ncco4)c3)cc21. The molecule has 0 radical (unpaired) electrons. The van der Waals surface area contributed by atoms with E-state index in [-0.39, 0.29) is 0 Å². The number of fused-ring (bicyclic) bond motifs is 6. The summed E-state index contributed by atoms with van der Waals surface area (Å²) in [6.07, 6.45) is 13.7. The predicted octanol–water partition coefficient (Wildman–Crippen LogP) is 8.58. The van der Waals surface area contributed by atoms with Gasteiger partial charge in [-0.2, -0.15) is 0 Å². The maximum Gasteiger partial charge on any atom is 0.227 e. The second kappa shape index (κ2) is 8.99. The first-order valence-electron chi connectivity index (χ1n) is 12.9. The van der Waals surface area contributed by atoms with Crippen LogP contribution in [0.3, 0.4) is 0 Å². The van der Waals surface area contributed by atoms with Gasteiger partial charge in [0.1, 0.15) is 12.5 Å². The van der Waals surface area contributed by atoms with Gasteiger partial charge in [0.2, 0.25) is 11.8 Å². The van der Waals surface area contributed by atoms with Crippen LogP contribution in [0.1, 0.15) is 0 Å². The minimum Gasteiger partial charge on any atom is -0.444 e. The Kier molecular flexibility index (Phi) is 5.03. The number of oxazole rings is 2. The van der Waals surface area contributed by atoms with Gasteiger partial charge in [-0.05, 0) is 67.7 Å². The Morgan fingerprint density at radius 3 is 1.30 bits per heavy atom. The summed E-state index contributed by atoms with van der Waals surface area (Å²) < 4.78 is 11.0. The van der Waals surface area contributed by atoms with Crippen LogP contribution in [0.2, 0.25) is 0 Å². The summed E-state index contributed by atoms with van der Waals surface area (Å²) in [6.45, 7) is 0. The summed E-state index contributed by atoms with van der Waals surface area (Å²) in [5.74, 6) is 1.12. The zero-order chi connectivity index (χ0) is 26.5. The molecule has 0 saturated carbocycles. The summed E-state index contributed by atoms with van der Waals surface area (Å²) in [6, 6.07) is 26.0. The lowest BCUT2D eigenvalue weighted by Crippen LogP contribution is -1.88. The lowest BCUT2D eigenvalue weighted by atomic mass is 9.90. The van der Waals surface area contributed by atoms with Crippen LogP contribution < -0.4 is 0 Å². The van der Waals surface area contributed by atoms with Gasteiger partial charge in [0.25, 0.3) is 0 Å². The summed E-state index contributed by atoms with van der Waals surface area (Å²) in [4.78, 5) is 17.5. The largest absolute Gasteiger partial charge is 0.444 e. The first-order chi connectivity index (χ1) is 19.8. The minimum absolute atomic E-state index is 0.559. The van der Waals surface area contributed by atoms with Crippen molar-refractivity contribution in [3.8, 4) is 45.2 Å². The zero-order valence-corrected chi connectivity index (χ0v) is 21.2. The van der Waals surface area contributed by atoms with E-state index in [2.05, 4.69) is 92.7 Å². The van der Waals surface area contributed by atoms with E-state index in [1.54, 1.807) is 37.3 Å². The number of hydrogen-bond donors (Lipinski definition) is 0. The number of pyridine rings is 2. The molecule has 0 aliphatic rings. The van der Waals surface area contributed by atoms with E-state index in [9.17, 15) is 0 Å². The van der Waals surface area contributed by atoms with Crippen LogP contribution in [0, 0.1) is 0 Å². The molecule has 8 rings (SSSR count). The lowest BCUT2D eigenvalue weighted by Gasteiger charge is -2.13. The summed E-state index contributed by atoms with van der Waals surface area (Å²) in [5, 5.41) is 7.20. The second-order valence-corrected chi connectivity index (χ2v) is 9.67. The topological polar surface area (TPSA) is 77.8 Å². The molecule has 0 N–H and O–H groups in total. The van der Waals surface area contributed by atoms with Gasteiger partial charge in [0.05, 0.1) is 23.5 Å². The average molecular weight is 517 g/mol. The van der Waals surface area contributed by atoms with Gasteiger partial charge in [-0.3, -0.25) is 9.97 Å². The molecule has 4 heterocycles. The molecule has 40 heavy (non-hydrogen) atoms. The number of rotatable bonds is 4. The molecule has 0 unspecified atom stereocenters. The van der Waals surface area contributed by atoms with Crippen LogP contribution >= 0.6 is 0 Å². The molecule has 4 aromatic carbocycles. The smallest absolute Gasteiger partial charge is 0.227 e. The molecule has 0 saturated heterocycles. The molecule has 0 aliphatic carbocycles. The fraction of sp³-hybridized carbons (Fsp3) is 0. The highest BCUT2D eigenvalue weighted by molar-refractivity contribution is 6.26. The summed E-state index contributed by atoms with van der Waals surface area (Å²) in [5.41, 5.74) is 5.89. The highest BCUT2D eigenvalue weighted by Crippen LogP contribution is 2.39. The van der Waals surface area contributed by atoms with Crippen molar-refractivity contribution in [1.29, 1.82) is 0 Å². The first kappa shape index (κ1) is 22.4. The second-order valence-electron chi connectivity index (χ2n) is 9.67. The van der Waals surface area contributed by atoms with Crippen LogP contribution in [0.25, 0.3) is 77.5 Å². The maximum atomic E-state index is 5.49. The van der Waals surface area contributed by atoms with Crippen molar-refractivity contribution in [3.05, 3.63) is 123 Å². The third-order valence-corrected chi connectivity index (χ3v) is 7.34. The van der Waals surface area contributed by atoms with E-state index < -0.39 is 0 Å². The Balaban J connectivity index is 1.30. The van der Waals surface area contributed by atoms with Gasteiger partial charge in [0, 0.05) is 35.9 Å². The minimum atomic E-state index is 0.559. The normalized spacial score (nSPS) is 11.5. The Labute approximate surface area is 228 Å². The molecular weight excluding hydrogens is 496 g/mol. The summed E-state index contributed by atoms with van der Waals surface area (Å²) in [7, 11) is 0. The number of aromatic nitrogens is 4. The van der Waals surface area contributed by atoms with E-state index >= 15 is 0 Å². The number of benzene rings is 4. The Bertz CT molecular complexity index is 1990. The molecule has 6 nitrogen and oxygen atoms in total. The molecule has 0 fully saturated rings. The van der Waals surface area contributed by atoms with E-state index in [0.717, 1.165) is 33.4 Å². The van der Waals surface area contributed by atoms with Crippen molar-refractivity contribution < 1.29 is 8.83 Å². The van der Waals surface area contributed by atoms with Crippen molar-refractivity contribution in [3.63, 3.8) is 0 Å². The third kappa shape index (κ3) is 3.66. The van der Waals surface area contributed by atoms with Crippen molar-refractivity contribution in [2.45, 2.75) is 0 Å². The van der Waals surface area contributed by atoms with Crippen LogP contribution in [0.5, 0.6) is 0 Å². The van der Waals surface area contributed by atoms with Gasteiger partial charge < -0.3 is 8.83 Å². The lowest BCUT2D eigenvalue weighted by molar-refractivity contribution is 0.574. The van der Waals surface area contributed by atoms with Gasteiger partial charge in [-0.25, -0.2) is 9.97 Å². The number of hydrogen-bond acceptors (Lipinski definition) is 6. The molecule has 0 aliphatic heterocycles. The molecule has 4 aromatic heterocycles. The Hall–Kier alpha value is -5.62.